The molecule has 0 atom stereocenters. The van der Waals surface area contributed by atoms with Gasteiger partial charge in [0.1, 0.15) is 12.4 Å². The third-order valence-corrected chi connectivity index (χ3v) is 5.50. The number of aromatic nitrogens is 2. The molecule has 0 saturated heterocycles. The van der Waals surface area contributed by atoms with E-state index in [9.17, 15) is 22.8 Å². The summed E-state index contributed by atoms with van der Waals surface area (Å²) in [6.45, 7) is -0.497. The molecule has 1 N–H and O–H groups in total. The van der Waals surface area contributed by atoms with Crippen LogP contribution in [0.2, 0.25) is 0 Å². The van der Waals surface area contributed by atoms with Crippen LogP contribution in [0.5, 0.6) is 17.2 Å². The summed E-state index contributed by atoms with van der Waals surface area (Å²) >= 11 is 1.20. The maximum atomic E-state index is 14.8. The topological polar surface area (TPSA) is 82.6 Å². The Morgan fingerprint density at radius 3 is 2.44 bits per heavy atom. The Labute approximate surface area is 182 Å². The summed E-state index contributed by atoms with van der Waals surface area (Å²) in [5.74, 6) is -3.33. The number of methoxy groups -OCH3 is 2. The second kappa shape index (κ2) is 8.42. The quantitative estimate of drug-likeness (QED) is 0.470. The molecule has 0 amide bonds. The molecule has 7 nitrogen and oxygen atoms in total. The van der Waals surface area contributed by atoms with Crippen molar-refractivity contribution in [3.63, 3.8) is 0 Å². The van der Waals surface area contributed by atoms with Crippen LogP contribution < -0.4 is 25.5 Å². The highest BCUT2D eigenvalue weighted by Gasteiger charge is 2.20. The lowest BCUT2D eigenvalue weighted by Crippen LogP contribution is -2.33. The SMILES string of the molecule is COc1cc(F)c(-n2c(=O)[nH]c3cscc3c2=O)cc1OCc1c(OC)ccc(F)c1F. The lowest BCUT2D eigenvalue weighted by atomic mass is 10.2. The van der Waals surface area contributed by atoms with Gasteiger partial charge in [-0.25, -0.2) is 22.5 Å². The van der Waals surface area contributed by atoms with Crippen molar-refractivity contribution < 1.29 is 27.4 Å². The highest BCUT2D eigenvalue weighted by Crippen LogP contribution is 2.33. The van der Waals surface area contributed by atoms with Crippen LogP contribution in [-0.4, -0.2) is 23.8 Å². The molecule has 166 valence electrons. The number of nitrogens with one attached hydrogen (secondary N) is 1. The Hall–Kier alpha value is -3.73. The fourth-order valence-electron chi connectivity index (χ4n) is 3.18. The smallest absolute Gasteiger partial charge is 0.333 e. The maximum absolute atomic E-state index is 14.8. The minimum absolute atomic E-state index is 0.0424. The molecule has 4 rings (SSSR count). The third-order valence-electron chi connectivity index (χ3n) is 4.76. The molecule has 2 aromatic heterocycles. The van der Waals surface area contributed by atoms with E-state index in [-0.39, 0.29) is 28.2 Å². The summed E-state index contributed by atoms with van der Waals surface area (Å²) in [7, 11) is 2.53. The van der Waals surface area contributed by atoms with Crippen LogP contribution >= 0.6 is 11.3 Å². The van der Waals surface area contributed by atoms with Crippen molar-refractivity contribution in [1.82, 2.24) is 9.55 Å². The molecular weight excluding hydrogens is 449 g/mol. The summed E-state index contributed by atoms with van der Waals surface area (Å²) in [5.41, 5.74) is -1.85. The number of fused-ring (bicyclic) bond motifs is 1. The number of aromatic amines is 1. The molecule has 32 heavy (non-hydrogen) atoms. The molecule has 0 unspecified atom stereocenters. The molecule has 11 heteroatoms. The van der Waals surface area contributed by atoms with Crippen LogP contribution in [0.1, 0.15) is 5.56 Å². The van der Waals surface area contributed by atoms with Crippen molar-refractivity contribution in [2.45, 2.75) is 6.61 Å². The van der Waals surface area contributed by atoms with Crippen molar-refractivity contribution in [3.05, 3.63) is 78.9 Å². The van der Waals surface area contributed by atoms with E-state index in [0.29, 0.717) is 10.1 Å². The number of nitrogens with zero attached hydrogens (tertiary/aromatic N) is 1. The van der Waals surface area contributed by atoms with Gasteiger partial charge in [-0.05, 0) is 12.1 Å². The summed E-state index contributed by atoms with van der Waals surface area (Å²) in [6.07, 6.45) is 0. The molecule has 0 bridgehead atoms. The number of hydrogen-bond donors (Lipinski definition) is 1. The fraction of sp³-hybridized carbons (Fsp3) is 0.143. The first-order valence-electron chi connectivity index (χ1n) is 9.08. The fourth-order valence-corrected chi connectivity index (χ4v) is 3.93. The third kappa shape index (κ3) is 3.60. The Morgan fingerprint density at radius 1 is 0.969 bits per heavy atom. The van der Waals surface area contributed by atoms with Crippen molar-refractivity contribution in [1.29, 1.82) is 0 Å². The number of hydrogen-bond acceptors (Lipinski definition) is 6. The number of ether oxygens (including phenoxy) is 3. The van der Waals surface area contributed by atoms with Crippen molar-refractivity contribution in [3.8, 4) is 22.9 Å². The molecule has 0 spiro atoms. The van der Waals surface area contributed by atoms with Gasteiger partial charge in [-0.3, -0.25) is 4.79 Å². The summed E-state index contributed by atoms with van der Waals surface area (Å²) in [4.78, 5) is 27.8. The molecule has 4 aromatic rings. The van der Waals surface area contributed by atoms with Crippen LogP contribution in [0.15, 0.2) is 44.6 Å². The van der Waals surface area contributed by atoms with Gasteiger partial charge < -0.3 is 19.2 Å². The molecular formula is C21H15F3N2O5S. The summed E-state index contributed by atoms with van der Waals surface area (Å²) < 4.78 is 59.0. The number of benzene rings is 2. The predicted molar refractivity (Wildman–Crippen MR) is 112 cm³/mol. The first kappa shape index (κ1) is 21.5. The molecule has 0 radical (unpaired) electrons. The van der Waals surface area contributed by atoms with Gasteiger partial charge in [-0.2, -0.15) is 0 Å². The minimum Gasteiger partial charge on any atom is -0.496 e. The average Bonchev–Trinajstić information content (AvgIpc) is 3.24. The van der Waals surface area contributed by atoms with E-state index in [1.807, 2.05) is 0 Å². The van der Waals surface area contributed by atoms with E-state index in [2.05, 4.69) is 4.98 Å². The highest BCUT2D eigenvalue weighted by molar-refractivity contribution is 7.09. The largest absolute Gasteiger partial charge is 0.496 e. The lowest BCUT2D eigenvalue weighted by Gasteiger charge is -2.15. The van der Waals surface area contributed by atoms with E-state index in [1.54, 1.807) is 5.38 Å². The van der Waals surface area contributed by atoms with Gasteiger partial charge in [-0.15, -0.1) is 11.3 Å². The first-order valence-corrected chi connectivity index (χ1v) is 10.0. The predicted octanol–water partition coefficient (Wildman–Crippen LogP) is 3.75. The summed E-state index contributed by atoms with van der Waals surface area (Å²) in [5, 5.41) is 3.32. The average molecular weight is 464 g/mol. The van der Waals surface area contributed by atoms with Crippen LogP contribution in [0.4, 0.5) is 13.2 Å². The lowest BCUT2D eigenvalue weighted by molar-refractivity contribution is 0.269. The van der Waals surface area contributed by atoms with E-state index < -0.39 is 41.0 Å². The highest BCUT2D eigenvalue weighted by atomic mass is 32.1. The zero-order valence-corrected chi connectivity index (χ0v) is 17.5. The number of rotatable bonds is 6. The second-order valence-corrected chi connectivity index (χ2v) is 7.30. The van der Waals surface area contributed by atoms with E-state index in [1.165, 1.54) is 37.0 Å². The number of thiophene rings is 1. The van der Waals surface area contributed by atoms with Gasteiger partial charge in [0, 0.05) is 22.9 Å². The van der Waals surface area contributed by atoms with Crippen molar-refractivity contribution >= 4 is 22.2 Å². The molecule has 0 aliphatic carbocycles. The maximum Gasteiger partial charge on any atom is 0.333 e. The zero-order valence-electron chi connectivity index (χ0n) is 16.7. The van der Waals surface area contributed by atoms with Gasteiger partial charge in [0.05, 0.1) is 36.4 Å². The Kier molecular flexibility index (Phi) is 5.66. The van der Waals surface area contributed by atoms with Crippen LogP contribution in [0.25, 0.3) is 16.6 Å². The van der Waals surface area contributed by atoms with Gasteiger partial charge in [0.25, 0.3) is 5.56 Å². The molecule has 0 fully saturated rings. The van der Waals surface area contributed by atoms with Gasteiger partial charge in [0.2, 0.25) is 0 Å². The minimum atomic E-state index is -1.17. The molecule has 0 aliphatic rings. The second-order valence-electron chi connectivity index (χ2n) is 6.56. The normalized spacial score (nSPS) is 11.0. The van der Waals surface area contributed by atoms with Crippen LogP contribution in [-0.2, 0) is 6.61 Å². The van der Waals surface area contributed by atoms with E-state index >= 15 is 0 Å². The van der Waals surface area contributed by atoms with Gasteiger partial charge >= 0.3 is 5.69 Å². The van der Waals surface area contributed by atoms with Crippen LogP contribution in [0, 0.1) is 17.5 Å². The Balaban J connectivity index is 1.81. The van der Waals surface area contributed by atoms with Crippen molar-refractivity contribution in [2.24, 2.45) is 0 Å². The standard InChI is InChI=1S/C21H15F3N2O5S/c1-29-16-4-3-12(22)19(24)10(16)7-31-18-6-15(13(23)5-17(18)30-2)26-20(27)11-8-32-9-14(11)25-21(26)28/h3-6,8-9H,7H2,1-2H3,(H,25,28). The zero-order chi connectivity index (χ0) is 23.0. The molecule has 0 saturated carbocycles. The Morgan fingerprint density at radius 2 is 1.72 bits per heavy atom. The molecule has 0 aliphatic heterocycles. The first-order chi connectivity index (χ1) is 15.3. The van der Waals surface area contributed by atoms with Crippen LogP contribution in [0.3, 0.4) is 0 Å². The summed E-state index contributed by atoms with van der Waals surface area (Å²) in [6, 6.07) is 4.15. The number of H-pyrrole nitrogens is 1. The van der Waals surface area contributed by atoms with E-state index in [4.69, 9.17) is 14.2 Å². The van der Waals surface area contributed by atoms with Gasteiger partial charge in [0.15, 0.2) is 29.0 Å². The Bertz CT molecular complexity index is 1440. The van der Waals surface area contributed by atoms with E-state index in [0.717, 1.165) is 18.2 Å². The van der Waals surface area contributed by atoms with Gasteiger partial charge in [-0.1, -0.05) is 0 Å². The monoisotopic (exact) mass is 464 g/mol. The molecule has 2 heterocycles. The molecule has 2 aromatic carbocycles. The number of halogens is 3. The van der Waals surface area contributed by atoms with Crippen molar-refractivity contribution in [2.75, 3.05) is 14.2 Å².